The Hall–Kier alpha value is -1.75. The van der Waals surface area contributed by atoms with Crippen molar-refractivity contribution in [1.29, 1.82) is 0 Å². The second-order valence-electron chi connectivity index (χ2n) is 10.3. The number of ketones is 2. The first-order valence-electron chi connectivity index (χ1n) is 10.8. The third kappa shape index (κ3) is 2.59. The van der Waals surface area contributed by atoms with Gasteiger partial charge >= 0.3 is 5.97 Å². The molecule has 3 fully saturated rings. The van der Waals surface area contributed by atoms with Crippen LogP contribution in [0.1, 0.15) is 60.3 Å². The molecule has 8 atom stereocenters. The average Bonchev–Trinajstić information content (AvgIpc) is 2.89. The van der Waals surface area contributed by atoms with Crippen LogP contribution in [-0.4, -0.2) is 34.3 Å². The summed E-state index contributed by atoms with van der Waals surface area (Å²) in [5, 5.41) is 11.4. The Bertz CT molecular complexity index is 840. The quantitative estimate of drug-likeness (QED) is 0.719. The molecule has 3 saturated carbocycles. The second-order valence-corrected chi connectivity index (χ2v) is 10.3. The van der Waals surface area contributed by atoms with Crippen LogP contribution in [0.4, 0.5) is 0 Å². The highest BCUT2D eigenvalue weighted by Gasteiger charge is 2.70. The smallest absolute Gasteiger partial charge is 0.303 e. The van der Waals surface area contributed by atoms with Crippen molar-refractivity contribution in [3.05, 3.63) is 23.8 Å². The average molecular weight is 401 g/mol. The van der Waals surface area contributed by atoms with Crippen LogP contribution in [0.2, 0.25) is 0 Å². The molecule has 0 aliphatic heterocycles. The fourth-order valence-electron chi connectivity index (χ4n) is 7.80. The summed E-state index contributed by atoms with van der Waals surface area (Å²) in [5.74, 6) is 0.0627. The summed E-state index contributed by atoms with van der Waals surface area (Å²) < 4.78 is 5.76. The molecule has 29 heavy (non-hydrogen) atoms. The van der Waals surface area contributed by atoms with Gasteiger partial charge in [0.2, 0.25) is 0 Å². The highest BCUT2D eigenvalue weighted by molar-refractivity contribution is 6.01. The first kappa shape index (κ1) is 20.5. The topological polar surface area (TPSA) is 80.7 Å². The number of hydrogen-bond donors (Lipinski definition) is 1. The zero-order chi connectivity index (χ0) is 21.4. The van der Waals surface area contributed by atoms with Crippen molar-refractivity contribution in [3.8, 4) is 0 Å². The van der Waals surface area contributed by atoms with Crippen LogP contribution in [0.5, 0.6) is 0 Å². The van der Waals surface area contributed by atoms with E-state index in [0.29, 0.717) is 12.8 Å². The van der Waals surface area contributed by atoms with E-state index in [9.17, 15) is 19.5 Å². The Morgan fingerprint density at radius 2 is 1.93 bits per heavy atom. The maximum atomic E-state index is 12.8. The Kier molecular flexibility index (Phi) is 4.51. The fourth-order valence-corrected chi connectivity index (χ4v) is 7.80. The SMILES string of the molecule is CC(=O)O[C@]1(C(C)=O)CC[C@H]2[C@@H]3C[C@H](C)C4=CC(=O)C=C[C@]4(C)[C@H]3[C@@H](O)C[C@@]21C. The molecule has 5 nitrogen and oxygen atoms in total. The molecule has 1 N–H and O–H groups in total. The second kappa shape index (κ2) is 6.37. The van der Waals surface area contributed by atoms with Crippen LogP contribution in [0.3, 0.4) is 0 Å². The fraction of sp³-hybridized carbons (Fsp3) is 0.708. The first-order valence-corrected chi connectivity index (χ1v) is 10.8. The zero-order valence-corrected chi connectivity index (χ0v) is 18.0. The number of Topliss-reactive ketones (excluding diaryl/α,β-unsaturated/α-hetero) is 1. The van der Waals surface area contributed by atoms with Crippen molar-refractivity contribution >= 4 is 17.5 Å². The monoisotopic (exact) mass is 400 g/mol. The number of carbonyl (C=O) groups excluding carboxylic acids is 3. The molecule has 158 valence electrons. The van der Waals surface area contributed by atoms with Gasteiger partial charge in [-0.3, -0.25) is 14.4 Å². The summed E-state index contributed by atoms with van der Waals surface area (Å²) >= 11 is 0. The van der Waals surface area contributed by atoms with E-state index in [0.717, 1.165) is 18.4 Å². The molecular weight excluding hydrogens is 368 g/mol. The van der Waals surface area contributed by atoms with Gasteiger partial charge in [-0.1, -0.05) is 32.4 Å². The first-order chi connectivity index (χ1) is 13.5. The van der Waals surface area contributed by atoms with E-state index in [4.69, 9.17) is 4.74 Å². The van der Waals surface area contributed by atoms with Crippen LogP contribution in [0.15, 0.2) is 23.8 Å². The molecule has 0 amide bonds. The summed E-state index contributed by atoms with van der Waals surface area (Å²) in [5.41, 5.74) is -0.991. The normalized spacial score (nSPS) is 48.3. The summed E-state index contributed by atoms with van der Waals surface area (Å²) in [6, 6.07) is 0. The molecule has 4 rings (SSSR count). The molecule has 0 aromatic carbocycles. The number of esters is 1. The van der Waals surface area contributed by atoms with Gasteiger partial charge in [-0.25, -0.2) is 0 Å². The lowest BCUT2D eigenvalue weighted by Crippen LogP contribution is -2.62. The number of aliphatic hydroxyl groups is 1. The molecule has 0 spiro atoms. The number of ether oxygens (including phenoxy) is 1. The van der Waals surface area contributed by atoms with Gasteiger partial charge in [-0.05, 0) is 62.5 Å². The Balaban J connectivity index is 1.80. The van der Waals surface area contributed by atoms with E-state index in [1.165, 1.54) is 13.8 Å². The van der Waals surface area contributed by atoms with Gasteiger partial charge in [-0.2, -0.15) is 0 Å². The minimum absolute atomic E-state index is 0.00698. The van der Waals surface area contributed by atoms with Gasteiger partial charge in [0.1, 0.15) is 0 Å². The van der Waals surface area contributed by atoms with Crippen LogP contribution >= 0.6 is 0 Å². The van der Waals surface area contributed by atoms with Crippen LogP contribution in [0.25, 0.3) is 0 Å². The van der Waals surface area contributed by atoms with E-state index in [2.05, 4.69) is 13.8 Å². The molecule has 0 radical (unpaired) electrons. The van der Waals surface area contributed by atoms with E-state index in [1.54, 1.807) is 12.2 Å². The molecule has 4 aliphatic rings. The summed E-state index contributed by atoms with van der Waals surface area (Å²) in [4.78, 5) is 36.8. The third-order valence-corrected chi connectivity index (χ3v) is 8.82. The van der Waals surface area contributed by atoms with Crippen molar-refractivity contribution in [2.45, 2.75) is 72.0 Å². The molecule has 0 unspecified atom stereocenters. The van der Waals surface area contributed by atoms with Crippen molar-refractivity contribution < 1.29 is 24.2 Å². The maximum absolute atomic E-state index is 12.8. The lowest BCUT2D eigenvalue weighted by atomic mass is 9.44. The molecule has 0 aromatic rings. The van der Waals surface area contributed by atoms with Crippen molar-refractivity contribution in [2.24, 2.45) is 34.5 Å². The van der Waals surface area contributed by atoms with E-state index in [-0.39, 0.29) is 40.7 Å². The predicted molar refractivity (Wildman–Crippen MR) is 108 cm³/mol. The van der Waals surface area contributed by atoms with Crippen LogP contribution in [0, 0.1) is 34.5 Å². The van der Waals surface area contributed by atoms with E-state index in [1.807, 2.05) is 13.0 Å². The Morgan fingerprint density at radius 1 is 1.24 bits per heavy atom. The lowest BCUT2D eigenvalue weighted by Gasteiger charge is -2.61. The Morgan fingerprint density at radius 3 is 2.55 bits per heavy atom. The molecule has 0 aromatic heterocycles. The molecule has 4 aliphatic carbocycles. The largest absolute Gasteiger partial charge is 0.451 e. The number of hydrogen-bond acceptors (Lipinski definition) is 5. The minimum Gasteiger partial charge on any atom is -0.451 e. The van der Waals surface area contributed by atoms with Gasteiger partial charge < -0.3 is 9.84 Å². The third-order valence-electron chi connectivity index (χ3n) is 8.82. The van der Waals surface area contributed by atoms with Gasteiger partial charge in [0.25, 0.3) is 0 Å². The number of aliphatic hydroxyl groups excluding tert-OH is 1. The minimum atomic E-state index is -1.16. The molecule has 0 heterocycles. The highest BCUT2D eigenvalue weighted by Crippen LogP contribution is 2.68. The highest BCUT2D eigenvalue weighted by atomic mass is 16.6. The molecule has 0 saturated heterocycles. The number of carbonyl (C=O) groups is 3. The van der Waals surface area contributed by atoms with Gasteiger partial charge in [0.05, 0.1) is 6.10 Å². The summed E-state index contributed by atoms with van der Waals surface area (Å²) in [6.07, 6.45) is 7.36. The van der Waals surface area contributed by atoms with Crippen LogP contribution in [-0.2, 0) is 19.1 Å². The van der Waals surface area contributed by atoms with E-state index >= 15 is 0 Å². The van der Waals surface area contributed by atoms with E-state index < -0.39 is 23.1 Å². The maximum Gasteiger partial charge on any atom is 0.303 e. The molecule has 5 heteroatoms. The van der Waals surface area contributed by atoms with Crippen molar-refractivity contribution in [3.63, 3.8) is 0 Å². The van der Waals surface area contributed by atoms with Crippen molar-refractivity contribution in [2.75, 3.05) is 0 Å². The van der Waals surface area contributed by atoms with Gasteiger partial charge in [0.15, 0.2) is 17.2 Å². The number of rotatable bonds is 2. The van der Waals surface area contributed by atoms with Gasteiger partial charge in [0, 0.05) is 23.7 Å². The molecular formula is C24H32O5. The van der Waals surface area contributed by atoms with Crippen LogP contribution < -0.4 is 0 Å². The number of allylic oxidation sites excluding steroid dienone is 4. The zero-order valence-electron chi connectivity index (χ0n) is 18.0. The van der Waals surface area contributed by atoms with Gasteiger partial charge in [-0.15, -0.1) is 0 Å². The molecule has 0 bridgehead atoms. The predicted octanol–water partition coefficient (Wildman–Crippen LogP) is 3.40. The summed E-state index contributed by atoms with van der Waals surface area (Å²) in [7, 11) is 0. The van der Waals surface area contributed by atoms with Crippen molar-refractivity contribution in [1.82, 2.24) is 0 Å². The lowest BCUT2D eigenvalue weighted by molar-refractivity contribution is -0.197. The standard InChI is InChI=1S/C24H32O5/c1-13-10-17-18-7-9-24(14(2)25,29-15(3)26)23(18,5)12-20(28)21(17)22(4)8-6-16(27)11-19(13)22/h6,8,11,13,17-18,20-21,28H,7,9-10,12H2,1-5H3/t13-,17-,18-,20-,21+,22-,23-,24-/m0/s1. The number of fused-ring (bicyclic) bond motifs is 5. The summed E-state index contributed by atoms with van der Waals surface area (Å²) in [6.45, 7) is 9.20. The Labute approximate surface area is 172 Å².